The van der Waals surface area contributed by atoms with E-state index in [2.05, 4.69) is 117 Å². The van der Waals surface area contributed by atoms with Crippen molar-refractivity contribution >= 4 is 39.0 Å². The zero-order chi connectivity index (χ0) is 33.2. The number of hydrogen-bond donors (Lipinski definition) is 1. The summed E-state index contributed by atoms with van der Waals surface area (Å²) in [5, 5.41) is 7.52. The summed E-state index contributed by atoms with van der Waals surface area (Å²) in [7, 11) is 0. The van der Waals surface area contributed by atoms with E-state index >= 15 is 0 Å². The van der Waals surface area contributed by atoms with Gasteiger partial charge in [-0.3, -0.25) is 4.99 Å². The number of rotatable bonds is 5. The highest BCUT2D eigenvalue weighted by molar-refractivity contribution is 6.27. The van der Waals surface area contributed by atoms with Crippen molar-refractivity contribution < 1.29 is 0 Å². The van der Waals surface area contributed by atoms with Crippen molar-refractivity contribution in [2.75, 3.05) is 0 Å². The lowest BCUT2D eigenvalue weighted by Crippen LogP contribution is -1.90. The third kappa shape index (κ3) is 7.13. The number of allylic oxidation sites excluding steroid dienone is 4. The van der Waals surface area contributed by atoms with E-state index in [1.807, 2.05) is 45.6 Å². The molecule has 0 unspecified atom stereocenters. The van der Waals surface area contributed by atoms with E-state index < -0.39 is 0 Å². The van der Waals surface area contributed by atoms with Crippen molar-refractivity contribution in [3.05, 3.63) is 146 Å². The molecule has 7 rings (SSSR count). The van der Waals surface area contributed by atoms with E-state index in [1.54, 1.807) is 24.9 Å². The first-order valence-corrected chi connectivity index (χ1v) is 15.4. The molecule has 0 saturated carbocycles. The second kappa shape index (κ2) is 15.3. The van der Waals surface area contributed by atoms with Crippen LogP contribution < -0.4 is 5.73 Å². The zero-order valence-electron chi connectivity index (χ0n) is 27.2. The van der Waals surface area contributed by atoms with Gasteiger partial charge >= 0.3 is 0 Å². The van der Waals surface area contributed by atoms with E-state index in [0.29, 0.717) is 0 Å². The lowest BCUT2D eigenvalue weighted by molar-refractivity contribution is 1.17. The van der Waals surface area contributed by atoms with Gasteiger partial charge in [0.25, 0.3) is 0 Å². The summed E-state index contributed by atoms with van der Waals surface area (Å²) in [6.45, 7) is 11.3. The second-order valence-electron chi connectivity index (χ2n) is 11.0. The van der Waals surface area contributed by atoms with Gasteiger partial charge in [0, 0.05) is 42.1 Å². The topological polar surface area (TPSA) is 89.9 Å². The lowest BCUT2D eigenvalue weighted by Gasteiger charge is -2.16. The van der Waals surface area contributed by atoms with Crippen LogP contribution in [-0.2, 0) is 0 Å². The Balaban J connectivity index is 0.000000285. The molecule has 0 radical (unpaired) electrons. The quantitative estimate of drug-likeness (QED) is 0.118. The van der Waals surface area contributed by atoms with Crippen molar-refractivity contribution in [1.82, 2.24) is 19.9 Å². The predicted octanol–water partition coefficient (Wildman–Crippen LogP) is 10.2. The molecule has 0 aliphatic carbocycles. The number of hydrogen-bond acceptors (Lipinski definition) is 6. The number of aliphatic imine (C=N–C) groups is 1. The molecule has 0 bridgehead atoms. The fraction of sp³-hybridized carbons (Fsp3) is 0.0976. The molecule has 6 heteroatoms. The van der Waals surface area contributed by atoms with E-state index in [0.717, 1.165) is 22.3 Å². The standard InChI is InChI=1S/C30H18N4.C8H13N.C3H7N/c1-2-21(23-13-31-17-32-14-23)12-22(3-1)25-8-4-19-7-11-28-26(24-15-33-18-34-16-24)9-5-20-6-10-27(25)29(19)30(20)28;1-5-7(2)8(3)6-9-4;1-2-3-4/h1-18H;5-6H,4H2,1-3H3;2-3H,4H2,1H3/b;7-5+,8-6+;3-2+. The van der Waals surface area contributed by atoms with Crippen LogP contribution in [0, 0.1) is 0 Å². The number of aromatic nitrogens is 4. The summed E-state index contributed by atoms with van der Waals surface area (Å²) in [5.74, 6) is 0. The molecule has 2 N–H and O–H groups in total. The van der Waals surface area contributed by atoms with Crippen molar-refractivity contribution in [3.8, 4) is 33.4 Å². The largest absolute Gasteiger partial charge is 0.405 e. The van der Waals surface area contributed by atoms with Crippen LogP contribution in [0.2, 0.25) is 0 Å². The average molecular weight is 615 g/mol. The van der Waals surface area contributed by atoms with Crippen LogP contribution in [0.15, 0.2) is 151 Å². The van der Waals surface area contributed by atoms with Gasteiger partial charge in [-0.1, -0.05) is 84.5 Å². The molecule has 5 aromatic carbocycles. The first-order valence-electron chi connectivity index (χ1n) is 15.4. The number of nitrogens with two attached hydrogens (primary N) is 1. The van der Waals surface area contributed by atoms with Crippen LogP contribution in [0.3, 0.4) is 0 Å². The van der Waals surface area contributed by atoms with E-state index in [1.165, 1.54) is 60.8 Å². The van der Waals surface area contributed by atoms with Gasteiger partial charge < -0.3 is 5.73 Å². The Morgan fingerprint density at radius 1 is 0.638 bits per heavy atom. The summed E-state index contributed by atoms with van der Waals surface area (Å²) in [6.07, 6.45) is 17.7. The molecule has 0 spiro atoms. The Labute approximate surface area is 276 Å². The zero-order valence-corrected chi connectivity index (χ0v) is 27.2. The van der Waals surface area contributed by atoms with Crippen molar-refractivity contribution in [1.29, 1.82) is 0 Å². The van der Waals surface area contributed by atoms with E-state index in [-0.39, 0.29) is 0 Å². The van der Waals surface area contributed by atoms with Gasteiger partial charge in [0.15, 0.2) is 0 Å². The van der Waals surface area contributed by atoms with Crippen LogP contribution in [0.1, 0.15) is 27.7 Å². The first kappa shape index (κ1) is 32.4. The van der Waals surface area contributed by atoms with Gasteiger partial charge in [-0.25, -0.2) is 19.9 Å². The third-order valence-corrected chi connectivity index (χ3v) is 8.14. The minimum Gasteiger partial charge on any atom is -0.405 e. The van der Waals surface area contributed by atoms with Gasteiger partial charge in [-0.15, -0.1) is 0 Å². The molecule has 0 saturated heterocycles. The average Bonchev–Trinajstić information content (AvgIpc) is 3.14. The summed E-state index contributed by atoms with van der Waals surface area (Å²) in [4.78, 5) is 20.5. The highest BCUT2D eigenvalue weighted by Gasteiger charge is 2.15. The predicted molar refractivity (Wildman–Crippen MR) is 199 cm³/mol. The maximum Gasteiger partial charge on any atom is 0.115 e. The third-order valence-electron chi connectivity index (χ3n) is 8.14. The fourth-order valence-corrected chi connectivity index (χ4v) is 5.52. The van der Waals surface area contributed by atoms with Crippen LogP contribution in [-0.4, -0.2) is 26.7 Å². The SMILES string of the molecule is C/C=C/N.C=N/C=C(C)/C(C)=C/C.c1cc(-c2cncnc2)cc(-c2ccc3ccc4c(-c5cncnc5)ccc5ccc2c3c54)c1. The summed E-state index contributed by atoms with van der Waals surface area (Å²) < 4.78 is 0. The number of nitrogens with zero attached hydrogens (tertiary/aromatic N) is 5. The Morgan fingerprint density at radius 3 is 1.64 bits per heavy atom. The molecule has 2 heterocycles. The molecular formula is C41H38N6. The first-order chi connectivity index (χ1) is 23.0. The van der Waals surface area contributed by atoms with Crippen molar-refractivity contribution in [3.63, 3.8) is 0 Å². The smallest absolute Gasteiger partial charge is 0.115 e. The molecule has 0 amide bonds. The molecule has 6 nitrogen and oxygen atoms in total. The Hall–Kier alpha value is -6.01. The maximum atomic E-state index is 4.85. The van der Waals surface area contributed by atoms with Crippen molar-refractivity contribution in [2.24, 2.45) is 10.7 Å². The fourth-order valence-electron chi connectivity index (χ4n) is 5.52. The normalized spacial score (nSPS) is 11.7. The molecule has 0 aliphatic heterocycles. The molecule has 47 heavy (non-hydrogen) atoms. The van der Waals surface area contributed by atoms with Crippen LogP contribution in [0.4, 0.5) is 0 Å². The van der Waals surface area contributed by atoms with Crippen LogP contribution >= 0.6 is 0 Å². The van der Waals surface area contributed by atoms with Crippen molar-refractivity contribution in [2.45, 2.75) is 27.7 Å². The Morgan fingerprint density at radius 2 is 1.13 bits per heavy atom. The second-order valence-corrected chi connectivity index (χ2v) is 11.0. The summed E-state index contributed by atoms with van der Waals surface area (Å²) in [6, 6.07) is 26.4. The van der Waals surface area contributed by atoms with Gasteiger partial charge in [0.2, 0.25) is 0 Å². The minimum atomic E-state index is 1.01. The van der Waals surface area contributed by atoms with E-state index in [4.69, 9.17) is 5.73 Å². The molecular weight excluding hydrogens is 576 g/mol. The molecule has 232 valence electrons. The van der Waals surface area contributed by atoms with Gasteiger partial charge in [-0.2, -0.15) is 0 Å². The lowest BCUT2D eigenvalue weighted by atomic mass is 9.87. The van der Waals surface area contributed by atoms with Gasteiger partial charge in [0.05, 0.1) is 0 Å². The summed E-state index contributed by atoms with van der Waals surface area (Å²) >= 11 is 0. The molecule has 0 aliphatic rings. The van der Waals surface area contributed by atoms with Gasteiger partial charge in [-0.05, 0) is 107 Å². The van der Waals surface area contributed by atoms with E-state index in [9.17, 15) is 0 Å². The molecule has 7 aromatic rings. The highest BCUT2D eigenvalue weighted by Crippen LogP contribution is 2.42. The Kier molecular flexibility index (Phi) is 10.6. The minimum absolute atomic E-state index is 1.01. The van der Waals surface area contributed by atoms with Crippen LogP contribution in [0.25, 0.3) is 65.7 Å². The Bertz CT molecular complexity index is 2200. The maximum absolute atomic E-state index is 4.85. The molecule has 0 atom stereocenters. The number of benzene rings is 5. The summed E-state index contributed by atoms with van der Waals surface area (Å²) in [5.41, 5.74) is 14.0. The highest BCUT2D eigenvalue weighted by atomic mass is 14.8. The van der Waals surface area contributed by atoms with Gasteiger partial charge in [0.1, 0.15) is 12.7 Å². The molecule has 0 fully saturated rings. The van der Waals surface area contributed by atoms with Crippen LogP contribution in [0.5, 0.6) is 0 Å². The molecule has 2 aromatic heterocycles. The monoisotopic (exact) mass is 614 g/mol.